The van der Waals surface area contributed by atoms with E-state index in [1.807, 2.05) is 0 Å². The predicted molar refractivity (Wildman–Crippen MR) is 97.1 cm³/mol. The third-order valence-corrected chi connectivity index (χ3v) is 6.76. The van der Waals surface area contributed by atoms with Crippen molar-refractivity contribution in [3.8, 4) is 0 Å². The first kappa shape index (κ1) is 20.9. The summed E-state index contributed by atoms with van der Waals surface area (Å²) in [6.07, 6.45) is 3.88. The van der Waals surface area contributed by atoms with Crippen molar-refractivity contribution in [1.82, 2.24) is 10.2 Å². The maximum absolute atomic E-state index is 13.2. The van der Waals surface area contributed by atoms with Crippen molar-refractivity contribution in [2.45, 2.75) is 88.4 Å². The summed E-state index contributed by atoms with van der Waals surface area (Å²) >= 11 is 0. The van der Waals surface area contributed by atoms with Gasteiger partial charge in [-0.05, 0) is 38.5 Å². The molecule has 7 heteroatoms. The molecule has 27 heavy (non-hydrogen) atoms. The van der Waals surface area contributed by atoms with Crippen LogP contribution in [0.25, 0.3) is 0 Å². The molecule has 3 aliphatic rings. The molecule has 3 fully saturated rings. The lowest BCUT2D eigenvalue weighted by Gasteiger charge is -2.40. The van der Waals surface area contributed by atoms with Gasteiger partial charge >= 0.3 is 6.18 Å². The molecule has 3 rings (SSSR count). The van der Waals surface area contributed by atoms with Crippen LogP contribution >= 0.6 is 0 Å². The molecular weight excluding hydrogens is 357 g/mol. The summed E-state index contributed by atoms with van der Waals surface area (Å²) in [7, 11) is 0. The van der Waals surface area contributed by atoms with Crippen LogP contribution in [0.3, 0.4) is 0 Å². The van der Waals surface area contributed by atoms with Gasteiger partial charge in [0.1, 0.15) is 0 Å². The number of aliphatic hydroxyl groups is 1. The van der Waals surface area contributed by atoms with Crippen molar-refractivity contribution in [1.29, 1.82) is 0 Å². The van der Waals surface area contributed by atoms with Crippen molar-refractivity contribution >= 4 is 5.91 Å². The molecule has 156 valence electrons. The maximum atomic E-state index is 13.2. The molecule has 0 radical (unpaired) electrons. The van der Waals surface area contributed by atoms with E-state index in [0.29, 0.717) is 25.8 Å². The second kappa shape index (κ2) is 8.68. The van der Waals surface area contributed by atoms with Gasteiger partial charge in [0.15, 0.2) is 0 Å². The van der Waals surface area contributed by atoms with Gasteiger partial charge in [-0.15, -0.1) is 0 Å². The Morgan fingerprint density at radius 1 is 1.00 bits per heavy atom. The highest BCUT2D eigenvalue weighted by Crippen LogP contribution is 2.41. The largest absolute Gasteiger partial charge is 0.392 e. The number of β-amino-alcohol motifs (C(OH)–C–C–N with tert-alkyl or cyclic N) is 1. The fourth-order valence-corrected chi connectivity index (χ4v) is 5.16. The normalized spacial score (nSPS) is 30.8. The van der Waals surface area contributed by atoms with Crippen LogP contribution in [0.1, 0.15) is 70.6 Å². The van der Waals surface area contributed by atoms with E-state index in [9.17, 15) is 23.1 Å². The highest BCUT2D eigenvalue weighted by atomic mass is 19.4. The molecule has 2 N–H and O–H groups in total. The topological polar surface area (TPSA) is 52.6 Å². The molecule has 0 aromatic rings. The minimum absolute atomic E-state index is 0.0504. The van der Waals surface area contributed by atoms with Gasteiger partial charge in [-0.1, -0.05) is 32.1 Å². The number of hydrogen-bond donors (Lipinski definition) is 2. The first-order valence-electron chi connectivity index (χ1n) is 10.6. The second-order valence-corrected chi connectivity index (χ2v) is 8.88. The maximum Gasteiger partial charge on any atom is 0.392 e. The lowest BCUT2D eigenvalue weighted by Crippen LogP contribution is -2.52. The molecule has 0 bridgehead atoms. The first-order chi connectivity index (χ1) is 12.8. The van der Waals surface area contributed by atoms with E-state index in [0.717, 1.165) is 51.6 Å². The molecule has 2 aliphatic carbocycles. The molecule has 0 unspecified atom stereocenters. The monoisotopic (exact) mass is 390 g/mol. The Kier molecular flexibility index (Phi) is 6.72. The van der Waals surface area contributed by atoms with Crippen molar-refractivity contribution in [2.75, 3.05) is 19.6 Å². The third-order valence-electron chi connectivity index (χ3n) is 6.76. The summed E-state index contributed by atoms with van der Waals surface area (Å²) in [6.45, 7) is 2.23. The van der Waals surface area contributed by atoms with E-state index < -0.39 is 29.5 Å². The highest BCUT2D eigenvalue weighted by molar-refractivity contribution is 5.79. The number of rotatable bonds is 4. The summed E-state index contributed by atoms with van der Waals surface area (Å²) in [5.41, 5.74) is -0.587. The van der Waals surface area contributed by atoms with Gasteiger partial charge in [0.05, 0.1) is 11.5 Å². The van der Waals surface area contributed by atoms with Crippen molar-refractivity contribution in [3.05, 3.63) is 0 Å². The number of piperidine rings is 1. The number of likely N-dealkylation sites (tertiary alicyclic amines) is 1. The van der Waals surface area contributed by atoms with E-state index in [2.05, 4.69) is 10.2 Å². The molecular formula is C20H33F3N2O2. The lowest BCUT2D eigenvalue weighted by atomic mass is 9.78. The van der Waals surface area contributed by atoms with Crippen LogP contribution in [0, 0.1) is 11.8 Å². The Balaban J connectivity index is 1.46. The van der Waals surface area contributed by atoms with Crippen LogP contribution in [0.2, 0.25) is 0 Å². The zero-order valence-corrected chi connectivity index (χ0v) is 16.1. The van der Waals surface area contributed by atoms with Crippen molar-refractivity contribution < 1.29 is 23.1 Å². The number of halogens is 3. The molecule has 1 saturated heterocycles. The van der Waals surface area contributed by atoms with E-state index in [1.54, 1.807) is 0 Å². The van der Waals surface area contributed by atoms with Gasteiger partial charge in [0.25, 0.3) is 0 Å². The molecule has 0 spiro atoms. The summed E-state index contributed by atoms with van der Waals surface area (Å²) < 4.78 is 39.7. The Hall–Kier alpha value is -0.820. The fraction of sp³-hybridized carbons (Fsp3) is 0.950. The average Bonchev–Trinajstić information content (AvgIpc) is 2.63. The third kappa shape index (κ3) is 5.59. The molecule has 2 saturated carbocycles. The van der Waals surface area contributed by atoms with Crippen molar-refractivity contribution in [2.24, 2.45) is 11.8 Å². The summed E-state index contributed by atoms with van der Waals surface area (Å²) in [5, 5.41) is 13.6. The predicted octanol–water partition coefficient (Wildman–Crippen LogP) is 3.63. The van der Waals surface area contributed by atoms with Crippen LogP contribution in [-0.4, -0.2) is 53.4 Å². The van der Waals surface area contributed by atoms with Gasteiger partial charge in [-0.2, -0.15) is 13.2 Å². The number of alkyl halides is 3. The zero-order valence-electron chi connectivity index (χ0n) is 16.1. The fourth-order valence-electron chi connectivity index (χ4n) is 5.16. The molecule has 1 aliphatic heterocycles. The Labute approximate surface area is 159 Å². The smallest absolute Gasteiger partial charge is 0.389 e. The number of hydrogen-bond acceptors (Lipinski definition) is 3. The summed E-state index contributed by atoms with van der Waals surface area (Å²) in [6, 6.07) is -0.0504. The molecule has 1 heterocycles. The molecule has 4 nitrogen and oxygen atoms in total. The van der Waals surface area contributed by atoms with E-state index in [-0.39, 0.29) is 12.5 Å². The minimum Gasteiger partial charge on any atom is -0.389 e. The number of carbonyl (C=O) groups excluding carboxylic acids is 1. The summed E-state index contributed by atoms with van der Waals surface area (Å²) in [4.78, 5) is 14.8. The van der Waals surface area contributed by atoms with Crippen LogP contribution < -0.4 is 5.32 Å². The molecule has 0 aromatic heterocycles. The van der Waals surface area contributed by atoms with Gasteiger partial charge in [-0.25, -0.2) is 0 Å². The molecule has 2 atom stereocenters. The Morgan fingerprint density at radius 3 is 2.26 bits per heavy atom. The van der Waals surface area contributed by atoms with Gasteiger partial charge < -0.3 is 15.3 Å². The van der Waals surface area contributed by atoms with Crippen LogP contribution in [-0.2, 0) is 4.79 Å². The number of nitrogens with one attached hydrogen (secondary N) is 1. The molecule has 0 aromatic carbocycles. The van der Waals surface area contributed by atoms with Gasteiger partial charge in [0, 0.05) is 31.6 Å². The van der Waals surface area contributed by atoms with E-state index in [1.165, 1.54) is 6.42 Å². The van der Waals surface area contributed by atoms with Crippen LogP contribution in [0.5, 0.6) is 0 Å². The zero-order chi connectivity index (χ0) is 19.5. The average molecular weight is 390 g/mol. The lowest BCUT2D eigenvalue weighted by molar-refractivity contribution is -0.198. The standard InChI is InChI=1S/C20H33F3N2O2/c21-20(22,23)17-7-3-2-6-16(17)18(26)24-15-8-12-25(13-9-15)14-19(27)10-4-1-5-11-19/h15-17,27H,1-14H2,(H,24,26)/t16-,17-/m0/s1. The summed E-state index contributed by atoms with van der Waals surface area (Å²) in [5.74, 6) is -2.84. The minimum atomic E-state index is -4.29. The number of nitrogens with zero attached hydrogens (tertiary/aromatic N) is 1. The van der Waals surface area contributed by atoms with Gasteiger partial charge in [-0.3, -0.25) is 4.79 Å². The van der Waals surface area contributed by atoms with Gasteiger partial charge in [0.2, 0.25) is 5.91 Å². The quantitative estimate of drug-likeness (QED) is 0.771. The van der Waals surface area contributed by atoms with E-state index in [4.69, 9.17) is 0 Å². The Bertz CT molecular complexity index is 498. The van der Waals surface area contributed by atoms with Crippen LogP contribution in [0.15, 0.2) is 0 Å². The second-order valence-electron chi connectivity index (χ2n) is 8.88. The number of amides is 1. The SMILES string of the molecule is O=C(NC1CCN(CC2(O)CCCCC2)CC1)[C@H]1CCCC[C@@H]1C(F)(F)F. The highest BCUT2D eigenvalue weighted by Gasteiger charge is 2.48. The first-order valence-corrected chi connectivity index (χ1v) is 10.6. The van der Waals surface area contributed by atoms with Crippen molar-refractivity contribution in [3.63, 3.8) is 0 Å². The molecule has 1 amide bonds. The van der Waals surface area contributed by atoms with Crippen LogP contribution in [0.4, 0.5) is 13.2 Å². The van der Waals surface area contributed by atoms with E-state index >= 15 is 0 Å². The number of carbonyl (C=O) groups is 1. The Morgan fingerprint density at radius 2 is 1.63 bits per heavy atom.